The molecule has 0 unspecified atom stereocenters. The zero-order valence-corrected chi connectivity index (χ0v) is 8.64. The van der Waals surface area contributed by atoms with E-state index in [1.54, 1.807) is 32.3 Å². The summed E-state index contributed by atoms with van der Waals surface area (Å²) in [5, 5.41) is 13.6. The molecule has 2 aromatic rings. The number of rotatable bonds is 2. The molecule has 0 saturated heterocycles. The molecule has 0 saturated carbocycles. The molecule has 0 fully saturated rings. The van der Waals surface area contributed by atoms with Gasteiger partial charge in [-0.05, 0) is 26.0 Å². The molecule has 0 aliphatic rings. The number of pyridine rings is 1. The van der Waals surface area contributed by atoms with Gasteiger partial charge in [-0.2, -0.15) is 0 Å². The lowest BCUT2D eigenvalue weighted by molar-refractivity contribution is 0.0476. The van der Waals surface area contributed by atoms with Crippen molar-refractivity contribution in [2.45, 2.75) is 19.4 Å². The lowest BCUT2D eigenvalue weighted by Crippen LogP contribution is -2.13. The van der Waals surface area contributed by atoms with Crippen LogP contribution in [0.3, 0.4) is 0 Å². The molecule has 2 heterocycles. The summed E-state index contributed by atoms with van der Waals surface area (Å²) in [4.78, 5) is 3.99. The Kier molecular flexibility index (Phi) is 2.28. The highest BCUT2D eigenvalue weighted by Gasteiger charge is 2.22. The normalized spacial score (nSPS) is 11.7. The number of hydrogen-bond donors (Lipinski definition) is 1. The summed E-state index contributed by atoms with van der Waals surface area (Å²) in [6, 6.07) is 5.43. The largest absolute Gasteiger partial charge is 0.382 e. The Morgan fingerprint density at radius 2 is 2.20 bits per heavy atom. The molecular formula is C11H12N2O2. The molecule has 0 aromatic carbocycles. The SMILES string of the molecule is CC(C)(O)c1cc(-c2cccnc2)no1. The maximum absolute atomic E-state index is 9.70. The summed E-state index contributed by atoms with van der Waals surface area (Å²) in [5.74, 6) is 0.446. The van der Waals surface area contributed by atoms with Gasteiger partial charge in [-0.3, -0.25) is 4.98 Å². The van der Waals surface area contributed by atoms with Gasteiger partial charge in [-0.15, -0.1) is 0 Å². The summed E-state index contributed by atoms with van der Waals surface area (Å²) in [6.07, 6.45) is 3.40. The summed E-state index contributed by atoms with van der Waals surface area (Å²) in [7, 11) is 0. The van der Waals surface area contributed by atoms with Crippen LogP contribution in [0.2, 0.25) is 0 Å². The Hall–Kier alpha value is -1.68. The van der Waals surface area contributed by atoms with Crippen molar-refractivity contribution < 1.29 is 9.63 Å². The van der Waals surface area contributed by atoms with Crippen molar-refractivity contribution in [1.82, 2.24) is 10.1 Å². The third-order valence-electron chi connectivity index (χ3n) is 2.07. The molecule has 0 spiro atoms. The Balaban J connectivity index is 2.37. The van der Waals surface area contributed by atoms with Gasteiger partial charge in [0.05, 0.1) is 0 Å². The van der Waals surface area contributed by atoms with E-state index in [0.29, 0.717) is 11.5 Å². The molecule has 0 aliphatic carbocycles. The third kappa shape index (κ3) is 2.05. The van der Waals surface area contributed by atoms with Crippen molar-refractivity contribution >= 4 is 0 Å². The quantitative estimate of drug-likeness (QED) is 0.812. The highest BCUT2D eigenvalue weighted by atomic mass is 16.5. The van der Waals surface area contributed by atoms with E-state index in [-0.39, 0.29) is 0 Å². The lowest BCUT2D eigenvalue weighted by Gasteiger charge is -2.10. The fourth-order valence-corrected chi connectivity index (χ4v) is 1.21. The first-order valence-electron chi connectivity index (χ1n) is 4.67. The molecule has 78 valence electrons. The van der Waals surface area contributed by atoms with Gasteiger partial charge in [0, 0.05) is 24.0 Å². The topological polar surface area (TPSA) is 59.2 Å². The van der Waals surface area contributed by atoms with E-state index in [9.17, 15) is 5.11 Å². The van der Waals surface area contributed by atoms with Gasteiger partial charge >= 0.3 is 0 Å². The second kappa shape index (κ2) is 3.47. The van der Waals surface area contributed by atoms with Crippen LogP contribution in [0.5, 0.6) is 0 Å². The molecule has 15 heavy (non-hydrogen) atoms. The van der Waals surface area contributed by atoms with E-state index in [4.69, 9.17) is 4.52 Å². The van der Waals surface area contributed by atoms with E-state index < -0.39 is 5.60 Å². The molecule has 0 amide bonds. The summed E-state index contributed by atoms with van der Waals surface area (Å²) >= 11 is 0. The maximum Gasteiger partial charge on any atom is 0.168 e. The first kappa shape index (κ1) is 9.86. The molecule has 0 aliphatic heterocycles. The smallest absolute Gasteiger partial charge is 0.168 e. The summed E-state index contributed by atoms with van der Waals surface area (Å²) < 4.78 is 5.06. The minimum absolute atomic E-state index is 0.446. The van der Waals surface area contributed by atoms with E-state index in [0.717, 1.165) is 5.56 Å². The van der Waals surface area contributed by atoms with Gasteiger partial charge in [0.2, 0.25) is 0 Å². The second-order valence-electron chi connectivity index (χ2n) is 3.88. The van der Waals surface area contributed by atoms with Crippen molar-refractivity contribution in [3.05, 3.63) is 36.4 Å². The second-order valence-corrected chi connectivity index (χ2v) is 3.88. The Labute approximate surface area is 87.6 Å². The third-order valence-corrected chi connectivity index (χ3v) is 2.07. The van der Waals surface area contributed by atoms with Gasteiger partial charge in [0.1, 0.15) is 11.3 Å². The Morgan fingerprint density at radius 3 is 2.73 bits per heavy atom. The minimum Gasteiger partial charge on any atom is -0.382 e. The number of aliphatic hydroxyl groups is 1. The van der Waals surface area contributed by atoms with Gasteiger partial charge in [0.25, 0.3) is 0 Å². The molecule has 2 aromatic heterocycles. The molecule has 0 atom stereocenters. The highest BCUT2D eigenvalue weighted by molar-refractivity contribution is 5.57. The molecule has 0 bridgehead atoms. The van der Waals surface area contributed by atoms with Crippen molar-refractivity contribution in [2.75, 3.05) is 0 Å². The van der Waals surface area contributed by atoms with Crippen LogP contribution in [-0.4, -0.2) is 15.2 Å². The molecule has 4 nitrogen and oxygen atoms in total. The van der Waals surface area contributed by atoms with Gasteiger partial charge in [-0.25, -0.2) is 0 Å². The maximum atomic E-state index is 9.70. The molecule has 1 N–H and O–H groups in total. The zero-order chi connectivity index (χ0) is 10.9. The lowest BCUT2D eigenvalue weighted by atomic mass is 10.1. The monoisotopic (exact) mass is 204 g/mol. The highest BCUT2D eigenvalue weighted by Crippen LogP contribution is 2.24. The fourth-order valence-electron chi connectivity index (χ4n) is 1.21. The predicted octanol–water partition coefficient (Wildman–Crippen LogP) is 1.96. The number of hydrogen-bond acceptors (Lipinski definition) is 4. The van der Waals surface area contributed by atoms with Gasteiger partial charge in [-0.1, -0.05) is 5.16 Å². The van der Waals surface area contributed by atoms with Crippen LogP contribution < -0.4 is 0 Å². The van der Waals surface area contributed by atoms with Crippen LogP contribution >= 0.6 is 0 Å². The average molecular weight is 204 g/mol. The number of nitrogens with zero attached hydrogens (tertiary/aromatic N) is 2. The van der Waals surface area contributed by atoms with Crippen LogP contribution in [0, 0.1) is 0 Å². The van der Waals surface area contributed by atoms with Crippen LogP contribution in [0.4, 0.5) is 0 Å². The first-order chi connectivity index (χ1) is 7.07. The van der Waals surface area contributed by atoms with Crippen LogP contribution in [0.15, 0.2) is 35.1 Å². The van der Waals surface area contributed by atoms with Crippen molar-refractivity contribution in [2.24, 2.45) is 0 Å². The fraction of sp³-hybridized carbons (Fsp3) is 0.273. The molecule has 4 heteroatoms. The molecule has 0 radical (unpaired) electrons. The molecular weight excluding hydrogens is 192 g/mol. The van der Waals surface area contributed by atoms with Crippen molar-refractivity contribution in [3.63, 3.8) is 0 Å². The van der Waals surface area contributed by atoms with E-state index in [1.807, 2.05) is 12.1 Å². The van der Waals surface area contributed by atoms with Crippen LogP contribution in [-0.2, 0) is 5.60 Å². The van der Waals surface area contributed by atoms with Crippen molar-refractivity contribution in [1.29, 1.82) is 0 Å². The van der Waals surface area contributed by atoms with E-state index in [1.165, 1.54) is 0 Å². The van der Waals surface area contributed by atoms with E-state index in [2.05, 4.69) is 10.1 Å². The average Bonchev–Trinajstić information content (AvgIpc) is 2.67. The Bertz CT molecular complexity index is 443. The zero-order valence-electron chi connectivity index (χ0n) is 8.64. The van der Waals surface area contributed by atoms with Crippen LogP contribution in [0.1, 0.15) is 19.6 Å². The molecule has 2 rings (SSSR count). The predicted molar refractivity (Wildman–Crippen MR) is 55.0 cm³/mol. The van der Waals surface area contributed by atoms with Gasteiger partial charge in [0.15, 0.2) is 5.76 Å². The first-order valence-corrected chi connectivity index (χ1v) is 4.67. The van der Waals surface area contributed by atoms with Crippen molar-refractivity contribution in [3.8, 4) is 11.3 Å². The number of aromatic nitrogens is 2. The summed E-state index contributed by atoms with van der Waals surface area (Å²) in [6.45, 7) is 3.31. The van der Waals surface area contributed by atoms with E-state index >= 15 is 0 Å². The minimum atomic E-state index is -1.01. The standard InChI is InChI=1S/C11H12N2O2/c1-11(2,14)10-6-9(13-15-10)8-4-3-5-12-7-8/h3-7,14H,1-2H3. The Morgan fingerprint density at radius 1 is 1.40 bits per heavy atom. The van der Waals surface area contributed by atoms with Gasteiger partial charge < -0.3 is 9.63 Å². The van der Waals surface area contributed by atoms with Crippen LogP contribution in [0.25, 0.3) is 11.3 Å². The summed E-state index contributed by atoms with van der Waals surface area (Å²) in [5.41, 5.74) is 0.546.